The van der Waals surface area contributed by atoms with Gasteiger partial charge in [0.15, 0.2) is 0 Å². The Hall–Kier alpha value is -2.63. The van der Waals surface area contributed by atoms with Gasteiger partial charge in [-0.3, -0.25) is 4.79 Å². The molecule has 0 aromatic heterocycles. The minimum Gasteiger partial charge on any atom is -0.371 e. The number of likely N-dealkylation sites (tertiary alicyclic amines) is 1. The van der Waals surface area contributed by atoms with Gasteiger partial charge < -0.3 is 20.0 Å². The van der Waals surface area contributed by atoms with Crippen molar-refractivity contribution in [3.63, 3.8) is 0 Å². The molecule has 2 saturated heterocycles. The lowest BCUT2D eigenvalue weighted by molar-refractivity contribution is -0.138. The zero-order valence-corrected chi connectivity index (χ0v) is 19.2. The Kier molecular flexibility index (Phi) is 7.61. The molecule has 0 unspecified atom stereocenters. The van der Waals surface area contributed by atoms with Crippen LogP contribution in [0.3, 0.4) is 0 Å². The Morgan fingerprint density at radius 3 is 1.91 bits per heavy atom. The van der Waals surface area contributed by atoms with Crippen LogP contribution < -0.4 is 5.32 Å². The highest BCUT2D eigenvalue weighted by Crippen LogP contribution is 2.23. The predicted molar refractivity (Wildman–Crippen MR) is 130 cm³/mol. The first-order valence-corrected chi connectivity index (χ1v) is 11.8. The summed E-state index contributed by atoms with van der Waals surface area (Å²) in [5.74, 6) is 0.565. The number of piperidine rings is 1. The summed E-state index contributed by atoms with van der Waals surface area (Å²) >= 11 is 0. The van der Waals surface area contributed by atoms with Crippen LogP contribution in [-0.4, -0.2) is 73.5 Å². The van der Waals surface area contributed by atoms with Gasteiger partial charge in [0.25, 0.3) is 0 Å². The molecule has 1 N–H and O–H groups in total. The number of nitrogens with zero attached hydrogens (tertiary/aromatic N) is 3. The molecule has 2 aromatic rings. The largest absolute Gasteiger partial charge is 0.371 e. The summed E-state index contributed by atoms with van der Waals surface area (Å²) in [6, 6.07) is 21.2. The molecule has 0 saturated carbocycles. The molecule has 2 heterocycles. The van der Waals surface area contributed by atoms with Gasteiger partial charge in [0, 0.05) is 44.3 Å². The maximum atomic E-state index is 12.9. The number of carbonyl (C=O) groups excluding carboxylic acids is 1. The lowest BCUT2D eigenvalue weighted by Gasteiger charge is -2.39. The van der Waals surface area contributed by atoms with Crippen LogP contribution in [-0.2, 0) is 4.79 Å². The average Bonchev–Trinajstić information content (AvgIpc) is 2.85. The van der Waals surface area contributed by atoms with Crippen LogP contribution in [0.2, 0.25) is 0 Å². The number of hydrogen-bond donors (Lipinski definition) is 1. The highest BCUT2D eigenvalue weighted by Gasteiger charge is 2.29. The van der Waals surface area contributed by atoms with E-state index in [1.165, 1.54) is 11.1 Å². The summed E-state index contributed by atoms with van der Waals surface area (Å²) in [5, 5.41) is 3.71. The third kappa shape index (κ3) is 5.59. The topological polar surface area (TPSA) is 38.8 Å². The fourth-order valence-corrected chi connectivity index (χ4v) is 4.81. The Morgan fingerprint density at radius 2 is 1.38 bits per heavy atom. The first kappa shape index (κ1) is 22.6. The molecule has 0 spiro atoms. The van der Waals surface area contributed by atoms with Crippen LogP contribution in [0.5, 0.6) is 0 Å². The molecule has 32 heavy (non-hydrogen) atoms. The molecule has 2 fully saturated rings. The molecule has 0 radical (unpaired) electrons. The summed E-state index contributed by atoms with van der Waals surface area (Å²) in [7, 11) is 2.14. The fourth-order valence-electron chi connectivity index (χ4n) is 4.81. The van der Waals surface area contributed by atoms with E-state index in [1.54, 1.807) is 0 Å². The van der Waals surface area contributed by atoms with E-state index in [0.717, 1.165) is 64.4 Å². The number of hydrogen-bond acceptors (Lipinski definition) is 4. The van der Waals surface area contributed by atoms with Gasteiger partial charge in [-0.1, -0.05) is 67.2 Å². The Bertz CT molecular complexity index is 830. The van der Waals surface area contributed by atoms with Gasteiger partial charge in [-0.25, -0.2) is 0 Å². The molecule has 5 nitrogen and oxygen atoms in total. The number of carbonyl (C=O) groups is 1. The maximum absolute atomic E-state index is 12.9. The summed E-state index contributed by atoms with van der Waals surface area (Å²) < 4.78 is 0. The maximum Gasteiger partial charge on any atom is 0.225 e. The number of nitrogens with one attached hydrogen (secondary N) is 1. The van der Waals surface area contributed by atoms with Gasteiger partial charge in [0.2, 0.25) is 5.91 Å². The van der Waals surface area contributed by atoms with Crippen molar-refractivity contribution in [2.75, 3.05) is 52.9 Å². The van der Waals surface area contributed by atoms with Crippen LogP contribution in [0.1, 0.15) is 30.0 Å². The molecule has 4 rings (SSSR count). The van der Waals surface area contributed by atoms with E-state index in [0.29, 0.717) is 5.91 Å². The molecule has 0 atom stereocenters. The number of rotatable bonds is 7. The summed E-state index contributed by atoms with van der Waals surface area (Å²) in [6.07, 6.45) is 1.99. The molecule has 2 aromatic carbocycles. The van der Waals surface area contributed by atoms with Gasteiger partial charge in [0.05, 0.1) is 6.04 Å². The van der Waals surface area contributed by atoms with E-state index < -0.39 is 0 Å². The summed E-state index contributed by atoms with van der Waals surface area (Å²) in [4.78, 5) is 19.6. The molecule has 1 amide bonds. The summed E-state index contributed by atoms with van der Waals surface area (Å²) in [5.41, 5.74) is 3.59. The molecule has 2 aliphatic heterocycles. The van der Waals surface area contributed by atoms with E-state index in [1.807, 2.05) is 0 Å². The second-order valence-electron chi connectivity index (χ2n) is 9.09. The van der Waals surface area contributed by atoms with Crippen LogP contribution >= 0.6 is 0 Å². The van der Waals surface area contributed by atoms with Crippen LogP contribution in [0.15, 0.2) is 72.9 Å². The molecular formula is C27H36N4O. The van der Waals surface area contributed by atoms with E-state index in [2.05, 4.69) is 94.3 Å². The van der Waals surface area contributed by atoms with Crippen molar-refractivity contribution >= 4 is 5.91 Å². The highest BCUT2D eigenvalue weighted by molar-refractivity contribution is 5.79. The van der Waals surface area contributed by atoms with E-state index in [-0.39, 0.29) is 12.0 Å². The van der Waals surface area contributed by atoms with Crippen LogP contribution in [0.4, 0.5) is 0 Å². The first-order valence-electron chi connectivity index (χ1n) is 11.8. The average molecular weight is 433 g/mol. The smallest absolute Gasteiger partial charge is 0.225 e. The fraction of sp³-hybridized carbons (Fsp3) is 0.444. The van der Waals surface area contributed by atoms with Gasteiger partial charge in [-0.05, 0) is 44.1 Å². The van der Waals surface area contributed by atoms with E-state index in [9.17, 15) is 4.79 Å². The van der Waals surface area contributed by atoms with Crippen molar-refractivity contribution in [2.45, 2.75) is 18.9 Å². The second kappa shape index (κ2) is 10.8. The quantitative estimate of drug-likeness (QED) is 0.728. The predicted octanol–water partition coefficient (Wildman–Crippen LogP) is 3.37. The number of benzene rings is 2. The second-order valence-corrected chi connectivity index (χ2v) is 9.09. The third-order valence-electron chi connectivity index (χ3n) is 6.88. The van der Waals surface area contributed by atoms with Crippen molar-refractivity contribution in [3.8, 4) is 0 Å². The first-order chi connectivity index (χ1) is 15.6. The van der Waals surface area contributed by atoms with E-state index in [4.69, 9.17) is 0 Å². The molecule has 0 bridgehead atoms. The Balaban J connectivity index is 1.30. The van der Waals surface area contributed by atoms with Crippen molar-refractivity contribution in [2.24, 2.45) is 5.92 Å². The Morgan fingerprint density at radius 1 is 0.875 bits per heavy atom. The van der Waals surface area contributed by atoms with Crippen molar-refractivity contribution in [3.05, 3.63) is 84.1 Å². The van der Waals surface area contributed by atoms with Crippen molar-refractivity contribution in [1.29, 1.82) is 0 Å². The minimum atomic E-state index is 0.126. The summed E-state index contributed by atoms with van der Waals surface area (Å²) in [6.45, 7) is 10.5. The van der Waals surface area contributed by atoms with Gasteiger partial charge in [0.1, 0.15) is 0 Å². The monoisotopic (exact) mass is 432 g/mol. The molecule has 2 aliphatic rings. The highest BCUT2D eigenvalue weighted by atomic mass is 16.2. The van der Waals surface area contributed by atoms with Gasteiger partial charge in [-0.2, -0.15) is 0 Å². The number of piperazine rings is 1. The van der Waals surface area contributed by atoms with Crippen LogP contribution in [0, 0.1) is 5.92 Å². The Labute approximate surface area is 192 Å². The van der Waals surface area contributed by atoms with Crippen LogP contribution in [0.25, 0.3) is 0 Å². The zero-order valence-electron chi connectivity index (χ0n) is 19.2. The van der Waals surface area contributed by atoms with E-state index >= 15 is 0 Å². The zero-order chi connectivity index (χ0) is 22.3. The standard InChI is InChI=1S/C27H36N4O/c1-22(21-28-26(23-9-5-3-6-10-23)24-11-7-4-8-12-24)30-17-19-31(20-18-30)27(32)25-13-15-29(2)16-14-25/h3-12,25-26,28H,1,13-21H2,2H3. The minimum absolute atomic E-state index is 0.126. The molecule has 0 aliphatic carbocycles. The molecule has 5 heteroatoms. The third-order valence-corrected chi connectivity index (χ3v) is 6.88. The van der Waals surface area contributed by atoms with Gasteiger partial charge in [-0.15, -0.1) is 0 Å². The molecular weight excluding hydrogens is 396 g/mol. The van der Waals surface area contributed by atoms with Crippen molar-refractivity contribution in [1.82, 2.24) is 20.0 Å². The lowest BCUT2D eigenvalue weighted by atomic mass is 9.95. The van der Waals surface area contributed by atoms with Crippen molar-refractivity contribution < 1.29 is 4.79 Å². The number of amides is 1. The van der Waals surface area contributed by atoms with Gasteiger partial charge >= 0.3 is 0 Å². The molecule has 170 valence electrons. The SMILES string of the molecule is C=C(CNC(c1ccccc1)c1ccccc1)N1CCN(C(=O)C2CCN(C)CC2)CC1. The normalized spacial score (nSPS) is 18.2. The lowest BCUT2D eigenvalue weighted by Crippen LogP contribution is -2.51.